The molecule has 22 heavy (non-hydrogen) atoms. The average Bonchev–Trinajstić information content (AvgIpc) is 2.53. The quantitative estimate of drug-likeness (QED) is 0.834. The zero-order chi connectivity index (χ0) is 15.9. The number of carbonyl (C=O) groups excluding carboxylic acids is 1. The number of nitrogens with one attached hydrogen (secondary N) is 2. The van der Waals surface area contributed by atoms with Gasteiger partial charge in [0, 0.05) is 12.0 Å². The summed E-state index contributed by atoms with van der Waals surface area (Å²) in [5.41, 5.74) is 0.661. The fourth-order valence-electron chi connectivity index (χ4n) is 3.04. The van der Waals surface area contributed by atoms with E-state index in [4.69, 9.17) is 9.47 Å². The van der Waals surface area contributed by atoms with Crippen LogP contribution in [-0.4, -0.2) is 39.8 Å². The van der Waals surface area contributed by atoms with E-state index < -0.39 is 0 Å². The largest absolute Gasteiger partial charge is 0.497 e. The topological polar surface area (TPSA) is 52.0 Å². The molecule has 5 nitrogen and oxygen atoms in total. The van der Waals surface area contributed by atoms with Crippen LogP contribution in [0.25, 0.3) is 0 Å². The second-order valence-corrected chi connectivity index (χ2v) is 6.07. The van der Waals surface area contributed by atoms with Gasteiger partial charge in [0.05, 0.1) is 46.0 Å². The number of ether oxygens (including phenoxy) is 2. The van der Waals surface area contributed by atoms with Gasteiger partial charge in [-0.3, -0.25) is 4.79 Å². The number of hydrogen-bond acceptors (Lipinski definition) is 3. The van der Waals surface area contributed by atoms with Crippen LogP contribution in [0.15, 0.2) is 18.2 Å². The molecule has 1 aromatic rings. The van der Waals surface area contributed by atoms with E-state index in [1.165, 1.54) is 30.8 Å². The molecule has 1 saturated heterocycles. The number of piperidine rings is 1. The second kappa shape index (κ2) is 8.03. The highest BCUT2D eigenvalue weighted by Gasteiger charge is 2.20. The standard InChI is InChI=1S/C17H26N2O3/c1-13-5-4-9-19(12-13)10-8-17(20)18-15-11-14(21-2)6-7-16(15)22-3/h6-7,11,13H,4-5,8-10,12H2,1-3H3,(H,18,20)/p+1/t13-/m0/s1. The fraction of sp³-hybridized carbons (Fsp3) is 0.588. The molecule has 1 aliphatic heterocycles. The first-order valence-corrected chi connectivity index (χ1v) is 7.97. The van der Waals surface area contributed by atoms with Crippen LogP contribution < -0.4 is 19.7 Å². The van der Waals surface area contributed by atoms with Gasteiger partial charge < -0.3 is 19.7 Å². The first kappa shape index (κ1) is 16.6. The molecule has 0 aromatic heterocycles. The van der Waals surface area contributed by atoms with Crippen LogP contribution in [0, 0.1) is 5.92 Å². The molecule has 2 N–H and O–H groups in total. The lowest BCUT2D eigenvalue weighted by Crippen LogP contribution is -3.13. The van der Waals surface area contributed by atoms with E-state index in [9.17, 15) is 4.79 Å². The smallest absolute Gasteiger partial charge is 0.230 e. The zero-order valence-corrected chi connectivity index (χ0v) is 13.8. The molecule has 1 amide bonds. The highest BCUT2D eigenvalue weighted by Crippen LogP contribution is 2.28. The first-order valence-electron chi connectivity index (χ1n) is 7.97. The van der Waals surface area contributed by atoms with Crippen molar-refractivity contribution in [3.05, 3.63) is 18.2 Å². The van der Waals surface area contributed by atoms with E-state index in [1.54, 1.807) is 26.4 Å². The predicted octanol–water partition coefficient (Wildman–Crippen LogP) is 1.35. The summed E-state index contributed by atoms with van der Waals surface area (Å²) in [6.45, 7) is 5.54. The average molecular weight is 307 g/mol. The highest BCUT2D eigenvalue weighted by molar-refractivity contribution is 5.92. The first-order chi connectivity index (χ1) is 10.6. The number of amides is 1. The van der Waals surface area contributed by atoms with Crippen LogP contribution in [0.2, 0.25) is 0 Å². The van der Waals surface area contributed by atoms with Crippen molar-refractivity contribution < 1.29 is 19.2 Å². The Labute approximate surface area is 132 Å². The summed E-state index contributed by atoms with van der Waals surface area (Å²) in [5, 5.41) is 2.93. The van der Waals surface area contributed by atoms with Gasteiger partial charge in [-0.1, -0.05) is 6.92 Å². The lowest BCUT2D eigenvalue weighted by atomic mass is 10.0. The van der Waals surface area contributed by atoms with Gasteiger partial charge in [0.25, 0.3) is 0 Å². The van der Waals surface area contributed by atoms with Crippen molar-refractivity contribution in [2.45, 2.75) is 26.2 Å². The monoisotopic (exact) mass is 307 g/mol. The van der Waals surface area contributed by atoms with Crippen LogP contribution in [0.1, 0.15) is 26.2 Å². The Balaban J connectivity index is 1.88. The molecule has 1 aliphatic rings. The number of methoxy groups -OCH3 is 2. The lowest BCUT2D eigenvalue weighted by Gasteiger charge is -2.27. The van der Waals surface area contributed by atoms with Gasteiger partial charge >= 0.3 is 0 Å². The number of benzene rings is 1. The molecule has 0 aliphatic carbocycles. The number of carbonyl (C=O) groups is 1. The molecule has 2 atom stereocenters. The Hall–Kier alpha value is -1.75. The van der Waals surface area contributed by atoms with Gasteiger partial charge in [0.1, 0.15) is 11.5 Å². The summed E-state index contributed by atoms with van der Waals surface area (Å²) in [6, 6.07) is 5.40. The molecule has 0 saturated carbocycles. The molecule has 2 rings (SSSR count). The molecule has 0 radical (unpaired) electrons. The van der Waals surface area contributed by atoms with Crippen molar-refractivity contribution in [3.8, 4) is 11.5 Å². The van der Waals surface area contributed by atoms with Crippen LogP contribution in [-0.2, 0) is 4.79 Å². The molecule has 1 heterocycles. The maximum Gasteiger partial charge on any atom is 0.230 e. The van der Waals surface area contributed by atoms with Crippen molar-refractivity contribution in [1.29, 1.82) is 0 Å². The van der Waals surface area contributed by atoms with Crippen molar-refractivity contribution in [3.63, 3.8) is 0 Å². The zero-order valence-electron chi connectivity index (χ0n) is 13.8. The second-order valence-electron chi connectivity index (χ2n) is 6.07. The van der Waals surface area contributed by atoms with E-state index in [1.807, 2.05) is 6.07 Å². The third kappa shape index (κ3) is 4.63. The van der Waals surface area contributed by atoms with Crippen molar-refractivity contribution in [2.75, 3.05) is 39.2 Å². The van der Waals surface area contributed by atoms with E-state index >= 15 is 0 Å². The molecule has 1 fully saturated rings. The number of anilines is 1. The Kier molecular flexibility index (Phi) is 6.07. The molecule has 1 aromatic carbocycles. The summed E-state index contributed by atoms with van der Waals surface area (Å²) in [7, 11) is 3.20. The normalized spacial score (nSPS) is 21.2. The van der Waals surface area contributed by atoms with Gasteiger partial charge in [-0.25, -0.2) is 0 Å². The van der Waals surface area contributed by atoms with Crippen LogP contribution in [0.3, 0.4) is 0 Å². The van der Waals surface area contributed by atoms with Gasteiger partial charge in [0.2, 0.25) is 5.91 Å². The number of rotatable bonds is 6. The van der Waals surface area contributed by atoms with Gasteiger partial charge in [-0.2, -0.15) is 0 Å². The Morgan fingerprint density at radius 1 is 1.36 bits per heavy atom. The Bertz CT molecular complexity index is 505. The summed E-state index contributed by atoms with van der Waals surface area (Å²) >= 11 is 0. The molecule has 1 unspecified atom stereocenters. The van der Waals surface area contributed by atoms with Crippen LogP contribution in [0.4, 0.5) is 5.69 Å². The summed E-state index contributed by atoms with van der Waals surface area (Å²) in [6.07, 6.45) is 3.11. The van der Waals surface area contributed by atoms with Gasteiger partial charge in [-0.05, 0) is 25.0 Å². The molecular weight excluding hydrogens is 280 g/mol. The van der Waals surface area contributed by atoms with Gasteiger partial charge in [-0.15, -0.1) is 0 Å². The third-order valence-electron chi connectivity index (χ3n) is 4.25. The van der Waals surface area contributed by atoms with E-state index in [0.717, 1.165) is 12.5 Å². The van der Waals surface area contributed by atoms with E-state index in [0.29, 0.717) is 23.6 Å². The number of likely N-dealkylation sites (tertiary alicyclic amines) is 1. The minimum absolute atomic E-state index is 0.0253. The fourth-order valence-corrected chi connectivity index (χ4v) is 3.04. The summed E-state index contributed by atoms with van der Waals surface area (Å²) in [5.74, 6) is 2.14. The Morgan fingerprint density at radius 2 is 2.18 bits per heavy atom. The molecule has 0 bridgehead atoms. The maximum atomic E-state index is 12.2. The molecule has 5 heteroatoms. The minimum atomic E-state index is 0.0253. The third-order valence-corrected chi connectivity index (χ3v) is 4.25. The van der Waals surface area contributed by atoms with Crippen LogP contribution in [0.5, 0.6) is 11.5 Å². The van der Waals surface area contributed by atoms with E-state index in [2.05, 4.69) is 12.2 Å². The van der Waals surface area contributed by atoms with Gasteiger partial charge in [0.15, 0.2) is 0 Å². The number of hydrogen-bond donors (Lipinski definition) is 2. The van der Waals surface area contributed by atoms with Crippen LogP contribution >= 0.6 is 0 Å². The SMILES string of the molecule is COc1ccc(OC)c(NC(=O)CC[NH+]2CCC[C@H](C)C2)c1. The van der Waals surface area contributed by atoms with Crippen molar-refractivity contribution in [1.82, 2.24) is 0 Å². The predicted molar refractivity (Wildman–Crippen MR) is 86.8 cm³/mol. The molecule has 0 spiro atoms. The highest BCUT2D eigenvalue weighted by atomic mass is 16.5. The lowest BCUT2D eigenvalue weighted by molar-refractivity contribution is -0.907. The molecule has 122 valence electrons. The molecular formula is C17H27N2O3+. The summed E-state index contributed by atoms with van der Waals surface area (Å²) < 4.78 is 10.5. The maximum absolute atomic E-state index is 12.2. The van der Waals surface area contributed by atoms with E-state index in [-0.39, 0.29) is 5.91 Å². The Morgan fingerprint density at radius 3 is 2.86 bits per heavy atom. The van der Waals surface area contributed by atoms with Crippen molar-refractivity contribution in [2.24, 2.45) is 5.92 Å². The summed E-state index contributed by atoms with van der Waals surface area (Å²) in [4.78, 5) is 13.7. The minimum Gasteiger partial charge on any atom is -0.497 e. The van der Waals surface area contributed by atoms with Crippen molar-refractivity contribution >= 4 is 11.6 Å². The number of quaternary nitrogens is 1.